The fraction of sp³-hybridized carbons (Fsp3) is 0.647. The van der Waals surface area contributed by atoms with Gasteiger partial charge in [-0.1, -0.05) is 77.6 Å². The highest BCUT2D eigenvalue weighted by atomic mass is 16.3. The monoisotopic (exact) mass is 263 g/mol. The second kappa shape index (κ2) is 7.42. The van der Waals surface area contributed by atoms with E-state index >= 15 is 0 Å². The van der Waals surface area contributed by atoms with Gasteiger partial charge in [0.2, 0.25) is 0 Å². The third kappa shape index (κ3) is 7.76. The van der Waals surface area contributed by atoms with Gasteiger partial charge in [-0.3, -0.25) is 0 Å². The van der Waals surface area contributed by atoms with Crippen molar-refractivity contribution in [2.45, 2.75) is 48.0 Å². The maximum Gasteiger partial charge on any atom is 0.0995 e. The molecule has 0 rings (SSSR count). The van der Waals surface area contributed by atoms with E-state index in [4.69, 9.17) is 0 Å². The number of nitroso groups, excluding NO2 is 1. The molecule has 0 aromatic carbocycles. The van der Waals surface area contributed by atoms with E-state index in [2.05, 4.69) is 53.3 Å². The van der Waals surface area contributed by atoms with Gasteiger partial charge in [0.1, 0.15) is 0 Å². The molecular weight excluding hydrogens is 234 g/mol. The molecule has 1 unspecified atom stereocenters. The summed E-state index contributed by atoms with van der Waals surface area (Å²) in [4.78, 5) is 10.2. The highest BCUT2D eigenvalue weighted by molar-refractivity contribution is 5.27. The van der Waals surface area contributed by atoms with Crippen LogP contribution >= 0.6 is 0 Å². The Morgan fingerprint density at radius 3 is 2.16 bits per heavy atom. The minimum Gasteiger partial charge on any atom is -0.150 e. The third-order valence-corrected chi connectivity index (χ3v) is 3.06. The predicted octanol–water partition coefficient (Wildman–Crippen LogP) is 5.52. The van der Waals surface area contributed by atoms with Crippen molar-refractivity contribution in [3.63, 3.8) is 0 Å². The third-order valence-electron chi connectivity index (χ3n) is 3.06. The zero-order chi connectivity index (χ0) is 15.1. The fourth-order valence-electron chi connectivity index (χ4n) is 2.19. The molecule has 0 fully saturated rings. The lowest BCUT2D eigenvalue weighted by Crippen LogP contribution is -2.26. The summed E-state index contributed by atoms with van der Waals surface area (Å²) in [5.74, 6) is 0.424. The molecule has 0 aromatic rings. The Balaban J connectivity index is 5.33. The summed E-state index contributed by atoms with van der Waals surface area (Å²) >= 11 is 0. The Bertz CT molecular complexity index is 350. The van der Waals surface area contributed by atoms with Gasteiger partial charge in [0.25, 0.3) is 0 Å². The molecule has 0 aliphatic rings. The van der Waals surface area contributed by atoms with Crippen molar-refractivity contribution in [3.05, 3.63) is 41.4 Å². The summed E-state index contributed by atoms with van der Waals surface area (Å²) in [6.45, 7) is 17.6. The van der Waals surface area contributed by atoms with Crippen molar-refractivity contribution in [1.82, 2.24) is 0 Å². The van der Waals surface area contributed by atoms with Gasteiger partial charge in [0.05, 0.1) is 6.54 Å². The number of rotatable bonds is 6. The molecule has 0 spiro atoms. The van der Waals surface area contributed by atoms with Crippen LogP contribution in [-0.2, 0) is 0 Å². The number of hydrogen-bond acceptors (Lipinski definition) is 2. The first kappa shape index (κ1) is 17.8. The summed E-state index contributed by atoms with van der Waals surface area (Å²) in [6.07, 6.45) is 8.79. The standard InChI is InChI=1S/C17H29NO/c1-8-10-14(11-9-12-18-19)15(17(5,6)7)13-16(2,3)4/h8-11,15H,1,12-13H2,2-7H3/b11-9-,14-10+. The first-order valence-corrected chi connectivity index (χ1v) is 6.90. The maximum absolute atomic E-state index is 10.2. The van der Waals surface area contributed by atoms with Crippen LogP contribution in [0.3, 0.4) is 0 Å². The van der Waals surface area contributed by atoms with Crippen LogP contribution in [0.4, 0.5) is 0 Å². The van der Waals surface area contributed by atoms with Gasteiger partial charge < -0.3 is 0 Å². The van der Waals surface area contributed by atoms with Crippen LogP contribution in [-0.4, -0.2) is 6.54 Å². The average Bonchev–Trinajstić information content (AvgIpc) is 2.22. The predicted molar refractivity (Wildman–Crippen MR) is 85.1 cm³/mol. The molecule has 0 N–H and O–H groups in total. The molecule has 108 valence electrons. The van der Waals surface area contributed by atoms with Crippen LogP contribution in [0.2, 0.25) is 0 Å². The Hall–Kier alpha value is -1.18. The topological polar surface area (TPSA) is 29.4 Å². The lowest BCUT2D eigenvalue weighted by atomic mass is 9.68. The van der Waals surface area contributed by atoms with Gasteiger partial charge in [0, 0.05) is 0 Å². The molecule has 0 amide bonds. The van der Waals surface area contributed by atoms with Crippen molar-refractivity contribution >= 4 is 0 Å². The Morgan fingerprint density at radius 2 is 1.79 bits per heavy atom. The van der Waals surface area contributed by atoms with Crippen LogP contribution < -0.4 is 0 Å². The van der Waals surface area contributed by atoms with E-state index < -0.39 is 0 Å². The SMILES string of the molecule is C=C/C=C(\C=C/CN=O)C(CC(C)(C)C)C(C)(C)C. The van der Waals surface area contributed by atoms with Gasteiger partial charge in [-0.25, -0.2) is 0 Å². The van der Waals surface area contributed by atoms with Crippen LogP contribution in [0.1, 0.15) is 48.0 Å². The van der Waals surface area contributed by atoms with Gasteiger partial charge in [0.15, 0.2) is 0 Å². The Morgan fingerprint density at radius 1 is 1.21 bits per heavy atom. The second-order valence-corrected chi connectivity index (χ2v) is 7.30. The molecule has 0 saturated carbocycles. The quantitative estimate of drug-likeness (QED) is 0.458. The number of allylic oxidation sites excluding steroid dienone is 4. The maximum atomic E-state index is 10.2. The van der Waals surface area contributed by atoms with E-state index in [1.165, 1.54) is 5.57 Å². The molecule has 0 aliphatic carbocycles. The van der Waals surface area contributed by atoms with Crippen molar-refractivity contribution in [1.29, 1.82) is 0 Å². The van der Waals surface area contributed by atoms with E-state index in [0.717, 1.165) is 6.42 Å². The molecule has 0 radical (unpaired) electrons. The highest BCUT2D eigenvalue weighted by Crippen LogP contribution is 2.40. The summed E-state index contributed by atoms with van der Waals surface area (Å²) in [6, 6.07) is 0. The molecular formula is C17H29NO. The van der Waals surface area contributed by atoms with E-state index in [1.54, 1.807) is 0 Å². The summed E-state index contributed by atoms with van der Waals surface area (Å²) in [5, 5.41) is 2.87. The molecule has 0 heterocycles. The lowest BCUT2D eigenvalue weighted by Gasteiger charge is -2.36. The molecule has 0 bridgehead atoms. The molecule has 0 aromatic heterocycles. The zero-order valence-corrected chi connectivity index (χ0v) is 13.4. The first-order valence-electron chi connectivity index (χ1n) is 6.90. The minimum atomic E-state index is 0.168. The van der Waals surface area contributed by atoms with E-state index in [1.807, 2.05) is 24.3 Å². The molecule has 19 heavy (non-hydrogen) atoms. The van der Waals surface area contributed by atoms with Crippen molar-refractivity contribution in [2.75, 3.05) is 6.54 Å². The molecule has 0 aliphatic heterocycles. The smallest absolute Gasteiger partial charge is 0.0995 e. The van der Waals surface area contributed by atoms with E-state index in [9.17, 15) is 4.91 Å². The van der Waals surface area contributed by atoms with Crippen LogP contribution in [0.15, 0.2) is 41.6 Å². The molecule has 2 nitrogen and oxygen atoms in total. The Kier molecular flexibility index (Phi) is 6.96. The zero-order valence-electron chi connectivity index (χ0n) is 13.4. The van der Waals surface area contributed by atoms with E-state index in [-0.39, 0.29) is 17.4 Å². The van der Waals surface area contributed by atoms with Crippen molar-refractivity contribution in [3.8, 4) is 0 Å². The van der Waals surface area contributed by atoms with Gasteiger partial charge in [-0.05, 0) is 28.7 Å². The summed E-state index contributed by atoms with van der Waals surface area (Å²) < 4.78 is 0. The second-order valence-electron chi connectivity index (χ2n) is 7.30. The normalized spacial score (nSPS) is 15.6. The van der Waals surface area contributed by atoms with Gasteiger partial charge in [-0.15, -0.1) is 0 Å². The number of hydrogen-bond donors (Lipinski definition) is 0. The minimum absolute atomic E-state index is 0.168. The number of nitrogens with zero attached hydrogens (tertiary/aromatic N) is 1. The van der Waals surface area contributed by atoms with Crippen molar-refractivity contribution in [2.24, 2.45) is 21.9 Å². The Labute approximate surface area is 118 Å². The summed E-state index contributed by atoms with van der Waals surface area (Å²) in [7, 11) is 0. The molecule has 0 saturated heterocycles. The highest BCUT2D eigenvalue weighted by Gasteiger charge is 2.30. The van der Waals surface area contributed by atoms with E-state index in [0.29, 0.717) is 5.92 Å². The summed E-state index contributed by atoms with van der Waals surface area (Å²) in [5.41, 5.74) is 1.65. The molecule has 2 heteroatoms. The fourth-order valence-corrected chi connectivity index (χ4v) is 2.19. The van der Waals surface area contributed by atoms with Crippen LogP contribution in [0, 0.1) is 21.7 Å². The van der Waals surface area contributed by atoms with Crippen LogP contribution in [0.25, 0.3) is 0 Å². The largest absolute Gasteiger partial charge is 0.150 e. The van der Waals surface area contributed by atoms with Gasteiger partial charge >= 0.3 is 0 Å². The molecule has 1 atom stereocenters. The van der Waals surface area contributed by atoms with Crippen LogP contribution in [0.5, 0.6) is 0 Å². The van der Waals surface area contributed by atoms with Gasteiger partial charge in [-0.2, -0.15) is 4.91 Å². The average molecular weight is 263 g/mol. The lowest BCUT2D eigenvalue weighted by molar-refractivity contribution is 0.199. The first-order chi connectivity index (χ1) is 8.61. The van der Waals surface area contributed by atoms with Crippen molar-refractivity contribution < 1.29 is 0 Å².